The van der Waals surface area contributed by atoms with Crippen molar-refractivity contribution in [1.82, 2.24) is 0 Å². The Morgan fingerprint density at radius 1 is 1.23 bits per heavy atom. The minimum Gasteiger partial charge on any atom is -0.507 e. The van der Waals surface area contributed by atoms with Gasteiger partial charge in [-0.15, -0.1) is 0 Å². The first kappa shape index (κ1) is 8.30. The van der Waals surface area contributed by atoms with Crippen LogP contribution in [0.15, 0.2) is 12.1 Å². The smallest absolute Gasteiger partial charge is 0.153 e. The number of phenolic OH excluding ortho intramolecular Hbond substituents is 1. The second-order valence-electron chi connectivity index (χ2n) is 3.47. The summed E-state index contributed by atoms with van der Waals surface area (Å²) in [5.74, 6) is 0.201. The van der Waals surface area contributed by atoms with Gasteiger partial charge in [0, 0.05) is 0 Å². The summed E-state index contributed by atoms with van der Waals surface area (Å²) in [6.45, 7) is 0. The zero-order chi connectivity index (χ0) is 9.26. The molecule has 0 aliphatic heterocycles. The largest absolute Gasteiger partial charge is 0.507 e. The van der Waals surface area contributed by atoms with Crippen LogP contribution in [-0.4, -0.2) is 11.4 Å². The molecule has 1 N–H and O–H groups in total. The summed E-state index contributed by atoms with van der Waals surface area (Å²) >= 11 is 0. The molecule has 0 bridgehead atoms. The summed E-state index contributed by atoms with van der Waals surface area (Å²) in [7, 11) is 0. The summed E-state index contributed by atoms with van der Waals surface area (Å²) in [5, 5.41) is 9.70. The highest BCUT2D eigenvalue weighted by atomic mass is 16.3. The quantitative estimate of drug-likeness (QED) is 0.665. The monoisotopic (exact) mass is 176 g/mol. The maximum absolute atomic E-state index is 10.6. The minimum absolute atomic E-state index is 0.201. The van der Waals surface area contributed by atoms with Gasteiger partial charge in [-0.05, 0) is 42.9 Å². The van der Waals surface area contributed by atoms with Crippen molar-refractivity contribution in [2.75, 3.05) is 0 Å². The van der Waals surface area contributed by atoms with Gasteiger partial charge in [0.2, 0.25) is 0 Å². The van der Waals surface area contributed by atoms with Gasteiger partial charge in [-0.3, -0.25) is 4.79 Å². The third-order valence-corrected chi connectivity index (χ3v) is 2.66. The van der Waals surface area contributed by atoms with E-state index in [1.165, 1.54) is 12.0 Å². The van der Waals surface area contributed by atoms with E-state index in [9.17, 15) is 9.90 Å². The predicted octanol–water partition coefficient (Wildman–Crippen LogP) is 2.08. The van der Waals surface area contributed by atoms with Crippen LogP contribution in [0.3, 0.4) is 0 Å². The Labute approximate surface area is 77.2 Å². The van der Waals surface area contributed by atoms with Crippen molar-refractivity contribution in [3.05, 3.63) is 28.8 Å². The first-order valence-corrected chi connectivity index (χ1v) is 4.62. The van der Waals surface area contributed by atoms with Crippen LogP contribution in [0, 0.1) is 0 Å². The SMILES string of the molecule is O=Cc1ccc2c(c1O)CCCC2. The van der Waals surface area contributed by atoms with Gasteiger partial charge in [0.1, 0.15) is 5.75 Å². The second-order valence-corrected chi connectivity index (χ2v) is 3.47. The molecule has 0 unspecified atom stereocenters. The standard InChI is InChI=1S/C11H12O2/c12-7-9-6-5-8-3-1-2-4-10(8)11(9)13/h5-7,13H,1-4H2. The number of hydrogen-bond donors (Lipinski definition) is 1. The van der Waals surface area contributed by atoms with E-state index < -0.39 is 0 Å². The van der Waals surface area contributed by atoms with E-state index in [-0.39, 0.29) is 5.75 Å². The number of aromatic hydroxyl groups is 1. The molecule has 0 saturated carbocycles. The molecular weight excluding hydrogens is 164 g/mol. The molecule has 0 atom stereocenters. The predicted molar refractivity (Wildman–Crippen MR) is 50.1 cm³/mol. The van der Waals surface area contributed by atoms with Crippen LogP contribution in [0.5, 0.6) is 5.75 Å². The zero-order valence-electron chi connectivity index (χ0n) is 7.42. The van der Waals surface area contributed by atoms with Crippen LogP contribution in [0.1, 0.15) is 34.3 Å². The fourth-order valence-electron chi connectivity index (χ4n) is 1.92. The number of phenols is 1. The van der Waals surface area contributed by atoms with Gasteiger partial charge in [-0.2, -0.15) is 0 Å². The number of carbonyl (C=O) groups is 1. The number of rotatable bonds is 1. The number of benzene rings is 1. The van der Waals surface area contributed by atoms with Crippen molar-refractivity contribution >= 4 is 6.29 Å². The van der Waals surface area contributed by atoms with Crippen LogP contribution in [0.4, 0.5) is 0 Å². The van der Waals surface area contributed by atoms with E-state index in [1.807, 2.05) is 6.07 Å². The number of aryl methyl sites for hydroxylation is 1. The molecule has 68 valence electrons. The Morgan fingerprint density at radius 3 is 2.77 bits per heavy atom. The van der Waals surface area contributed by atoms with E-state index >= 15 is 0 Å². The Balaban J connectivity index is 2.54. The second kappa shape index (κ2) is 3.21. The summed E-state index contributed by atoms with van der Waals surface area (Å²) in [4.78, 5) is 10.6. The molecule has 0 radical (unpaired) electrons. The highest BCUT2D eigenvalue weighted by Crippen LogP contribution is 2.30. The average molecular weight is 176 g/mol. The maximum atomic E-state index is 10.6. The Kier molecular flexibility index (Phi) is 2.05. The molecule has 1 aromatic carbocycles. The molecule has 0 heterocycles. The molecule has 0 amide bonds. The Bertz CT molecular complexity index is 342. The van der Waals surface area contributed by atoms with Crippen molar-refractivity contribution < 1.29 is 9.90 Å². The molecule has 0 fully saturated rings. The van der Waals surface area contributed by atoms with E-state index in [2.05, 4.69) is 0 Å². The van der Waals surface area contributed by atoms with Crippen LogP contribution < -0.4 is 0 Å². The van der Waals surface area contributed by atoms with Gasteiger partial charge in [0.15, 0.2) is 6.29 Å². The average Bonchev–Trinajstić information content (AvgIpc) is 2.19. The first-order chi connectivity index (χ1) is 6.33. The highest BCUT2D eigenvalue weighted by Gasteiger charge is 2.15. The van der Waals surface area contributed by atoms with Gasteiger partial charge in [0.05, 0.1) is 5.56 Å². The molecule has 2 nitrogen and oxygen atoms in total. The number of hydrogen-bond acceptors (Lipinski definition) is 2. The van der Waals surface area contributed by atoms with E-state index in [0.717, 1.165) is 24.8 Å². The van der Waals surface area contributed by atoms with Crippen molar-refractivity contribution in [2.24, 2.45) is 0 Å². The zero-order valence-corrected chi connectivity index (χ0v) is 7.42. The molecule has 13 heavy (non-hydrogen) atoms. The lowest BCUT2D eigenvalue weighted by Gasteiger charge is -2.17. The highest BCUT2D eigenvalue weighted by molar-refractivity contribution is 5.80. The summed E-state index contributed by atoms with van der Waals surface area (Å²) in [6.07, 6.45) is 4.95. The Hall–Kier alpha value is -1.31. The molecule has 1 aliphatic rings. The summed E-state index contributed by atoms with van der Waals surface area (Å²) in [6, 6.07) is 3.66. The molecule has 2 heteroatoms. The fourth-order valence-corrected chi connectivity index (χ4v) is 1.92. The number of aldehydes is 1. The van der Waals surface area contributed by atoms with Crippen LogP contribution in [0.2, 0.25) is 0 Å². The molecule has 0 saturated heterocycles. The van der Waals surface area contributed by atoms with E-state index in [1.54, 1.807) is 6.07 Å². The molecule has 1 aliphatic carbocycles. The van der Waals surface area contributed by atoms with Crippen molar-refractivity contribution in [2.45, 2.75) is 25.7 Å². The fraction of sp³-hybridized carbons (Fsp3) is 0.364. The third-order valence-electron chi connectivity index (χ3n) is 2.66. The van der Waals surface area contributed by atoms with Gasteiger partial charge < -0.3 is 5.11 Å². The molecular formula is C11H12O2. The van der Waals surface area contributed by atoms with Crippen LogP contribution in [-0.2, 0) is 12.8 Å². The van der Waals surface area contributed by atoms with Gasteiger partial charge in [-0.25, -0.2) is 0 Å². The van der Waals surface area contributed by atoms with E-state index in [4.69, 9.17) is 0 Å². The normalized spacial score (nSPS) is 15.1. The maximum Gasteiger partial charge on any atom is 0.153 e. The minimum atomic E-state index is 0.201. The lowest BCUT2D eigenvalue weighted by molar-refractivity contribution is 0.112. The van der Waals surface area contributed by atoms with Crippen molar-refractivity contribution in [1.29, 1.82) is 0 Å². The lowest BCUT2D eigenvalue weighted by Crippen LogP contribution is -2.03. The van der Waals surface area contributed by atoms with Gasteiger partial charge >= 0.3 is 0 Å². The molecule has 0 spiro atoms. The van der Waals surface area contributed by atoms with Gasteiger partial charge in [0.25, 0.3) is 0 Å². The Morgan fingerprint density at radius 2 is 2.00 bits per heavy atom. The lowest BCUT2D eigenvalue weighted by atomic mass is 9.89. The summed E-state index contributed by atoms with van der Waals surface area (Å²) < 4.78 is 0. The van der Waals surface area contributed by atoms with Crippen LogP contribution in [0.25, 0.3) is 0 Å². The molecule has 1 aromatic rings. The van der Waals surface area contributed by atoms with E-state index in [0.29, 0.717) is 11.8 Å². The number of fused-ring (bicyclic) bond motifs is 1. The third kappa shape index (κ3) is 1.32. The van der Waals surface area contributed by atoms with Crippen molar-refractivity contribution in [3.8, 4) is 5.75 Å². The van der Waals surface area contributed by atoms with Crippen molar-refractivity contribution in [3.63, 3.8) is 0 Å². The topological polar surface area (TPSA) is 37.3 Å². The van der Waals surface area contributed by atoms with Crippen LogP contribution >= 0.6 is 0 Å². The number of carbonyl (C=O) groups excluding carboxylic acids is 1. The van der Waals surface area contributed by atoms with Gasteiger partial charge in [-0.1, -0.05) is 6.07 Å². The molecule has 0 aromatic heterocycles. The summed E-state index contributed by atoms with van der Waals surface area (Å²) in [5.41, 5.74) is 2.60. The molecule has 2 rings (SSSR count). The first-order valence-electron chi connectivity index (χ1n) is 4.62.